The van der Waals surface area contributed by atoms with Crippen LogP contribution in [0.15, 0.2) is 41.0 Å². The summed E-state index contributed by atoms with van der Waals surface area (Å²) in [5, 5.41) is 0. The van der Waals surface area contributed by atoms with Crippen LogP contribution in [0.5, 0.6) is 0 Å². The number of benzene rings is 1. The van der Waals surface area contributed by atoms with Crippen LogP contribution in [0.3, 0.4) is 0 Å². The molecule has 0 unspecified atom stereocenters. The Morgan fingerprint density at radius 3 is 2.78 bits per heavy atom. The first kappa shape index (κ1) is 15.6. The van der Waals surface area contributed by atoms with E-state index in [4.69, 9.17) is 4.42 Å². The smallest absolute Gasteiger partial charge is 0.254 e. The van der Waals surface area contributed by atoms with E-state index < -0.39 is 10.0 Å². The number of carbonyl (C=O) groups is 1. The van der Waals surface area contributed by atoms with E-state index in [9.17, 15) is 13.2 Å². The molecule has 0 aliphatic carbocycles. The van der Waals surface area contributed by atoms with Gasteiger partial charge in [-0.25, -0.2) is 8.42 Å². The van der Waals surface area contributed by atoms with Crippen molar-refractivity contribution in [2.75, 3.05) is 24.2 Å². The molecular weight excluding hydrogens is 316 g/mol. The largest absolute Gasteiger partial charge is 0.467 e. The molecule has 0 fully saturated rings. The Bertz CT molecular complexity index is 828. The lowest BCUT2D eigenvalue weighted by molar-refractivity contribution is 0.0775. The van der Waals surface area contributed by atoms with Gasteiger partial charge in [0.15, 0.2) is 0 Å². The second kappa shape index (κ2) is 5.73. The lowest BCUT2D eigenvalue weighted by Gasteiger charge is -2.18. The molecule has 0 radical (unpaired) electrons. The highest BCUT2D eigenvalue weighted by Gasteiger charge is 2.27. The number of carbonyl (C=O) groups excluding carboxylic acids is 1. The van der Waals surface area contributed by atoms with Crippen LogP contribution >= 0.6 is 0 Å². The number of furan rings is 1. The van der Waals surface area contributed by atoms with Gasteiger partial charge in [0, 0.05) is 19.2 Å². The summed E-state index contributed by atoms with van der Waals surface area (Å²) in [6.07, 6.45) is 3.38. The van der Waals surface area contributed by atoms with Gasteiger partial charge >= 0.3 is 0 Å². The molecule has 7 heteroatoms. The average Bonchev–Trinajstić information content (AvgIpc) is 3.13. The van der Waals surface area contributed by atoms with E-state index in [0.29, 0.717) is 36.5 Å². The van der Waals surface area contributed by atoms with Crippen molar-refractivity contribution in [3.63, 3.8) is 0 Å². The maximum absolute atomic E-state index is 12.5. The van der Waals surface area contributed by atoms with Crippen LogP contribution < -0.4 is 4.31 Å². The van der Waals surface area contributed by atoms with Crippen molar-refractivity contribution in [1.82, 2.24) is 4.90 Å². The van der Waals surface area contributed by atoms with E-state index in [-0.39, 0.29) is 5.91 Å². The summed E-state index contributed by atoms with van der Waals surface area (Å²) in [5.41, 5.74) is 2.10. The van der Waals surface area contributed by atoms with Gasteiger partial charge in [-0.3, -0.25) is 9.10 Å². The first-order valence-corrected chi connectivity index (χ1v) is 9.09. The first-order chi connectivity index (χ1) is 10.9. The van der Waals surface area contributed by atoms with E-state index in [1.807, 2.05) is 6.07 Å². The summed E-state index contributed by atoms with van der Waals surface area (Å²) in [6, 6.07) is 8.75. The Morgan fingerprint density at radius 1 is 1.35 bits per heavy atom. The summed E-state index contributed by atoms with van der Waals surface area (Å²) >= 11 is 0. The maximum atomic E-state index is 12.5. The summed E-state index contributed by atoms with van der Waals surface area (Å²) in [5.74, 6) is 0.590. The number of anilines is 1. The third kappa shape index (κ3) is 3.10. The van der Waals surface area contributed by atoms with E-state index in [2.05, 4.69) is 0 Å². The fraction of sp³-hybridized carbons (Fsp3) is 0.312. The second-order valence-corrected chi connectivity index (χ2v) is 7.58. The molecule has 122 valence electrons. The fourth-order valence-electron chi connectivity index (χ4n) is 2.78. The van der Waals surface area contributed by atoms with Gasteiger partial charge in [0.05, 0.1) is 24.8 Å². The zero-order chi connectivity index (χ0) is 16.6. The molecule has 1 aliphatic rings. The van der Waals surface area contributed by atoms with Crippen LogP contribution in [0.25, 0.3) is 0 Å². The Hall–Kier alpha value is -2.28. The van der Waals surface area contributed by atoms with Crippen LogP contribution in [0.4, 0.5) is 5.69 Å². The molecule has 0 atom stereocenters. The van der Waals surface area contributed by atoms with Gasteiger partial charge in [-0.15, -0.1) is 0 Å². The SMILES string of the molecule is CN(Cc1ccco1)C(=O)c1ccc2c(c1)CCN2S(C)(=O)=O. The first-order valence-electron chi connectivity index (χ1n) is 7.25. The number of hydrogen-bond acceptors (Lipinski definition) is 4. The Kier molecular flexibility index (Phi) is 3.89. The molecule has 6 nitrogen and oxygen atoms in total. The monoisotopic (exact) mass is 334 g/mol. The highest BCUT2D eigenvalue weighted by molar-refractivity contribution is 7.92. The minimum absolute atomic E-state index is 0.123. The van der Waals surface area contributed by atoms with Gasteiger partial charge in [-0.05, 0) is 42.3 Å². The predicted octanol–water partition coefficient (Wildman–Crippen LogP) is 1.87. The topological polar surface area (TPSA) is 70.8 Å². The molecule has 0 saturated carbocycles. The summed E-state index contributed by atoms with van der Waals surface area (Å²) in [6.45, 7) is 0.812. The van der Waals surface area contributed by atoms with E-state index in [0.717, 1.165) is 5.56 Å². The summed E-state index contributed by atoms with van der Waals surface area (Å²) in [4.78, 5) is 14.1. The maximum Gasteiger partial charge on any atom is 0.254 e. The Morgan fingerprint density at radius 2 is 2.13 bits per heavy atom. The standard InChI is InChI=1S/C16H18N2O4S/c1-17(11-14-4-3-9-22-14)16(19)13-5-6-15-12(10-13)7-8-18(15)23(2,20)21/h3-6,9-10H,7-8,11H2,1-2H3. The van der Waals surface area contributed by atoms with Gasteiger partial charge in [0.2, 0.25) is 10.0 Å². The van der Waals surface area contributed by atoms with Crippen molar-refractivity contribution in [2.45, 2.75) is 13.0 Å². The number of nitrogens with zero attached hydrogens (tertiary/aromatic N) is 2. The number of hydrogen-bond donors (Lipinski definition) is 0. The van der Waals surface area contributed by atoms with Gasteiger partial charge in [0.25, 0.3) is 5.91 Å². The van der Waals surface area contributed by atoms with Gasteiger partial charge in [-0.2, -0.15) is 0 Å². The van der Waals surface area contributed by atoms with E-state index >= 15 is 0 Å². The van der Waals surface area contributed by atoms with E-state index in [1.165, 1.54) is 10.6 Å². The molecule has 1 aromatic carbocycles. The molecule has 0 spiro atoms. The molecule has 3 rings (SSSR count). The van der Waals surface area contributed by atoms with Crippen molar-refractivity contribution in [3.8, 4) is 0 Å². The number of fused-ring (bicyclic) bond motifs is 1. The van der Waals surface area contributed by atoms with Gasteiger partial charge in [-0.1, -0.05) is 0 Å². The number of amides is 1. The van der Waals surface area contributed by atoms with Crippen LogP contribution in [0.1, 0.15) is 21.7 Å². The molecular formula is C16H18N2O4S. The normalized spacial score (nSPS) is 13.9. The zero-order valence-electron chi connectivity index (χ0n) is 13.0. The van der Waals surface area contributed by atoms with Crippen LogP contribution in [0.2, 0.25) is 0 Å². The molecule has 2 heterocycles. The quantitative estimate of drug-likeness (QED) is 0.856. The number of sulfonamides is 1. The molecule has 23 heavy (non-hydrogen) atoms. The van der Waals surface area contributed by atoms with Crippen molar-refractivity contribution >= 4 is 21.6 Å². The van der Waals surface area contributed by atoms with Gasteiger partial charge in [0.1, 0.15) is 5.76 Å². The second-order valence-electron chi connectivity index (χ2n) is 5.67. The third-order valence-corrected chi connectivity index (χ3v) is 5.08. The molecule has 1 aromatic heterocycles. The molecule has 0 saturated heterocycles. The molecule has 1 aliphatic heterocycles. The van der Waals surface area contributed by atoms with Gasteiger partial charge < -0.3 is 9.32 Å². The minimum atomic E-state index is -3.27. The Labute approximate surface area is 135 Å². The van der Waals surface area contributed by atoms with Crippen LogP contribution in [-0.4, -0.2) is 39.1 Å². The number of rotatable bonds is 4. The third-order valence-electron chi connectivity index (χ3n) is 3.90. The van der Waals surface area contributed by atoms with Crippen molar-refractivity contribution in [3.05, 3.63) is 53.5 Å². The van der Waals surface area contributed by atoms with Crippen LogP contribution in [0, 0.1) is 0 Å². The lowest BCUT2D eigenvalue weighted by atomic mass is 10.1. The summed E-state index contributed by atoms with van der Waals surface area (Å²) < 4.78 is 30.1. The van der Waals surface area contributed by atoms with Crippen molar-refractivity contribution in [1.29, 1.82) is 0 Å². The minimum Gasteiger partial charge on any atom is -0.467 e. The summed E-state index contributed by atoms with van der Waals surface area (Å²) in [7, 11) is -1.56. The van der Waals surface area contributed by atoms with Crippen LogP contribution in [-0.2, 0) is 23.0 Å². The fourth-order valence-corrected chi connectivity index (χ4v) is 3.74. The molecule has 0 N–H and O–H groups in total. The lowest BCUT2D eigenvalue weighted by Crippen LogP contribution is -2.27. The van der Waals surface area contributed by atoms with E-state index in [1.54, 1.807) is 42.5 Å². The Balaban J connectivity index is 1.81. The average molecular weight is 334 g/mol. The highest BCUT2D eigenvalue weighted by atomic mass is 32.2. The predicted molar refractivity (Wildman–Crippen MR) is 86.8 cm³/mol. The van der Waals surface area contributed by atoms with Crippen molar-refractivity contribution < 1.29 is 17.6 Å². The highest BCUT2D eigenvalue weighted by Crippen LogP contribution is 2.31. The zero-order valence-corrected chi connectivity index (χ0v) is 13.8. The molecule has 2 aromatic rings. The molecule has 1 amide bonds. The van der Waals surface area contributed by atoms with Crippen molar-refractivity contribution in [2.24, 2.45) is 0 Å². The molecule has 0 bridgehead atoms.